The van der Waals surface area contributed by atoms with Crippen LogP contribution in [0.15, 0.2) is 36.4 Å². The molecular weight excluding hydrogens is 394 g/mol. The minimum atomic E-state index is -0.530. The SMILES string of the molecule is CCCCOc1ccc(-c2ccc(OCC(=O)OC(C)(C)C)cc2)c(OCCCC)n1. The van der Waals surface area contributed by atoms with Gasteiger partial charge in [-0.25, -0.2) is 4.79 Å². The van der Waals surface area contributed by atoms with Crippen LogP contribution < -0.4 is 14.2 Å². The van der Waals surface area contributed by atoms with Crippen LogP contribution in [0.25, 0.3) is 11.1 Å². The molecule has 0 saturated carbocycles. The van der Waals surface area contributed by atoms with Gasteiger partial charge in [0.25, 0.3) is 0 Å². The third-order valence-electron chi connectivity index (χ3n) is 4.26. The summed E-state index contributed by atoms with van der Waals surface area (Å²) in [6, 6.07) is 11.3. The number of pyridine rings is 1. The molecule has 170 valence electrons. The summed E-state index contributed by atoms with van der Waals surface area (Å²) >= 11 is 0. The van der Waals surface area contributed by atoms with E-state index in [2.05, 4.69) is 18.8 Å². The van der Waals surface area contributed by atoms with Crippen LogP contribution in [0.1, 0.15) is 60.3 Å². The fraction of sp³-hybridized carbons (Fsp3) is 0.520. The Hall–Kier alpha value is -2.76. The molecule has 31 heavy (non-hydrogen) atoms. The minimum absolute atomic E-state index is 0.132. The monoisotopic (exact) mass is 429 g/mol. The van der Waals surface area contributed by atoms with Gasteiger partial charge in [-0.3, -0.25) is 0 Å². The predicted octanol–water partition coefficient (Wildman–Crippen LogP) is 5.83. The summed E-state index contributed by atoms with van der Waals surface area (Å²) < 4.78 is 22.5. The number of carbonyl (C=O) groups is 1. The smallest absolute Gasteiger partial charge is 0.344 e. The van der Waals surface area contributed by atoms with Gasteiger partial charge < -0.3 is 18.9 Å². The first-order chi connectivity index (χ1) is 14.8. The molecule has 0 atom stereocenters. The van der Waals surface area contributed by atoms with Crippen molar-refractivity contribution in [1.82, 2.24) is 4.98 Å². The Morgan fingerprint density at radius 3 is 2.13 bits per heavy atom. The lowest BCUT2D eigenvalue weighted by Crippen LogP contribution is -2.27. The normalized spacial score (nSPS) is 11.1. The summed E-state index contributed by atoms with van der Waals surface area (Å²) in [4.78, 5) is 16.4. The maximum atomic E-state index is 11.8. The van der Waals surface area contributed by atoms with Crippen LogP contribution in [-0.4, -0.2) is 36.4 Å². The van der Waals surface area contributed by atoms with Crippen molar-refractivity contribution in [3.05, 3.63) is 36.4 Å². The lowest BCUT2D eigenvalue weighted by molar-refractivity contribution is -0.157. The lowest BCUT2D eigenvalue weighted by Gasteiger charge is -2.19. The van der Waals surface area contributed by atoms with E-state index in [-0.39, 0.29) is 6.61 Å². The Morgan fingerprint density at radius 2 is 1.52 bits per heavy atom. The third kappa shape index (κ3) is 8.87. The van der Waals surface area contributed by atoms with Gasteiger partial charge in [-0.05, 0) is 57.4 Å². The fourth-order valence-electron chi connectivity index (χ4n) is 2.71. The summed E-state index contributed by atoms with van der Waals surface area (Å²) in [7, 11) is 0. The van der Waals surface area contributed by atoms with Crippen molar-refractivity contribution in [2.75, 3.05) is 19.8 Å². The Labute approximate surface area is 185 Å². The highest BCUT2D eigenvalue weighted by molar-refractivity contribution is 5.72. The van der Waals surface area contributed by atoms with Crippen molar-refractivity contribution in [3.8, 4) is 28.6 Å². The molecule has 1 heterocycles. The number of ether oxygens (including phenoxy) is 4. The van der Waals surface area contributed by atoms with Crippen LogP contribution in [0.2, 0.25) is 0 Å². The molecule has 0 bridgehead atoms. The van der Waals surface area contributed by atoms with E-state index in [4.69, 9.17) is 18.9 Å². The van der Waals surface area contributed by atoms with Crippen molar-refractivity contribution in [3.63, 3.8) is 0 Å². The van der Waals surface area contributed by atoms with Gasteiger partial charge in [-0.15, -0.1) is 0 Å². The molecule has 0 aliphatic heterocycles. The van der Waals surface area contributed by atoms with E-state index < -0.39 is 11.6 Å². The van der Waals surface area contributed by atoms with E-state index >= 15 is 0 Å². The number of rotatable bonds is 12. The second kappa shape index (κ2) is 12.2. The topological polar surface area (TPSA) is 66.9 Å². The Morgan fingerprint density at radius 1 is 0.871 bits per heavy atom. The number of esters is 1. The number of unbranched alkanes of at least 4 members (excludes halogenated alkanes) is 2. The maximum absolute atomic E-state index is 11.8. The summed E-state index contributed by atoms with van der Waals surface area (Å²) in [6.45, 7) is 10.8. The molecule has 0 spiro atoms. The zero-order valence-corrected chi connectivity index (χ0v) is 19.4. The third-order valence-corrected chi connectivity index (χ3v) is 4.26. The van der Waals surface area contributed by atoms with Crippen LogP contribution >= 0.6 is 0 Å². The number of hydrogen-bond acceptors (Lipinski definition) is 6. The van der Waals surface area contributed by atoms with Gasteiger partial charge >= 0.3 is 5.97 Å². The zero-order valence-electron chi connectivity index (χ0n) is 19.4. The first-order valence-electron chi connectivity index (χ1n) is 11.0. The van der Waals surface area contributed by atoms with Crippen LogP contribution in [0.5, 0.6) is 17.5 Å². The number of aromatic nitrogens is 1. The van der Waals surface area contributed by atoms with Gasteiger partial charge in [0.1, 0.15) is 11.4 Å². The van der Waals surface area contributed by atoms with E-state index in [1.807, 2.05) is 57.2 Å². The van der Waals surface area contributed by atoms with E-state index in [0.717, 1.165) is 36.8 Å². The molecular formula is C25H35NO5. The number of benzene rings is 1. The average Bonchev–Trinajstić information content (AvgIpc) is 2.72. The quantitative estimate of drug-likeness (QED) is 0.312. The molecule has 2 aromatic rings. The summed E-state index contributed by atoms with van der Waals surface area (Å²) in [5, 5.41) is 0. The summed E-state index contributed by atoms with van der Waals surface area (Å²) in [6.07, 6.45) is 4.06. The average molecular weight is 430 g/mol. The molecule has 1 aromatic heterocycles. The summed E-state index contributed by atoms with van der Waals surface area (Å²) in [5.41, 5.74) is 1.30. The van der Waals surface area contributed by atoms with Gasteiger partial charge in [0, 0.05) is 11.6 Å². The zero-order chi connectivity index (χ0) is 22.7. The van der Waals surface area contributed by atoms with Crippen LogP contribution in [0, 0.1) is 0 Å². The van der Waals surface area contributed by atoms with Crippen LogP contribution in [-0.2, 0) is 9.53 Å². The molecule has 6 nitrogen and oxygen atoms in total. The molecule has 0 amide bonds. The molecule has 1 aromatic carbocycles. The largest absolute Gasteiger partial charge is 0.482 e. The van der Waals surface area contributed by atoms with Crippen LogP contribution in [0.4, 0.5) is 0 Å². The molecule has 0 unspecified atom stereocenters. The number of nitrogens with zero attached hydrogens (tertiary/aromatic N) is 1. The van der Waals surface area contributed by atoms with Crippen molar-refractivity contribution in [2.24, 2.45) is 0 Å². The highest BCUT2D eigenvalue weighted by Gasteiger charge is 2.17. The lowest BCUT2D eigenvalue weighted by atomic mass is 10.1. The number of hydrogen-bond donors (Lipinski definition) is 0. The first-order valence-corrected chi connectivity index (χ1v) is 11.0. The maximum Gasteiger partial charge on any atom is 0.344 e. The molecule has 6 heteroatoms. The second-order valence-electron chi connectivity index (χ2n) is 8.31. The van der Waals surface area contributed by atoms with Crippen molar-refractivity contribution in [2.45, 2.75) is 65.9 Å². The highest BCUT2D eigenvalue weighted by Crippen LogP contribution is 2.32. The van der Waals surface area contributed by atoms with Gasteiger partial charge in [0.2, 0.25) is 11.8 Å². The Bertz CT molecular complexity index is 812. The van der Waals surface area contributed by atoms with E-state index in [9.17, 15) is 4.79 Å². The van der Waals surface area contributed by atoms with E-state index in [1.165, 1.54) is 0 Å². The Kier molecular flexibility index (Phi) is 9.63. The van der Waals surface area contributed by atoms with Gasteiger partial charge in [0.05, 0.1) is 13.2 Å². The molecule has 0 fully saturated rings. The molecule has 0 saturated heterocycles. The van der Waals surface area contributed by atoms with E-state index in [1.54, 1.807) is 0 Å². The van der Waals surface area contributed by atoms with Gasteiger partial charge in [0.15, 0.2) is 6.61 Å². The van der Waals surface area contributed by atoms with Crippen molar-refractivity contribution >= 4 is 5.97 Å². The second-order valence-corrected chi connectivity index (χ2v) is 8.31. The molecule has 0 aliphatic rings. The number of carbonyl (C=O) groups excluding carboxylic acids is 1. The molecule has 2 rings (SSSR count). The predicted molar refractivity (Wildman–Crippen MR) is 122 cm³/mol. The standard InChI is InChI=1S/C25H35NO5/c1-6-8-16-28-22-15-14-21(24(26-22)29-17-9-7-2)19-10-12-20(13-11-19)30-18-23(27)31-25(3,4)5/h10-15H,6-9,16-18H2,1-5H3. The van der Waals surface area contributed by atoms with Crippen molar-refractivity contribution < 1.29 is 23.7 Å². The fourth-order valence-corrected chi connectivity index (χ4v) is 2.71. The van der Waals surface area contributed by atoms with Gasteiger partial charge in [-0.2, -0.15) is 4.98 Å². The highest BCUT2D eigenvalue weighted by atomic mass is 16.6. The van der Waals surface area contributed by atoms with Crippen molar-refractivity contribution in [1.29, 1.82) is 0 Å². The van der Waals surface area contributed by atoms with Crippen LogP contribution in [0.3, 0.4) is 0 Å². The molecule has 0 aliphatic carbocycles. The van der Waals surface area contributed by atoms with E-state index in [0.29, 0.717) is 30.7 Å². The minimum Gasteiger partial charge on any atom is -0.482 e. The molecule has 0 N–H and O–H groups in total. The summed E-state index contributed by atoms with van der Waals surface area (Å²) in [5.74, 6) is 1.33. The Balaban J connectivity index is 2.09. The first kappa shape index (κ1) is 24.5. The molecule has 0 radical (unpaired) electrons. The van der Waals surface area contributed by atoms with Gasteiger partial charge in [-0.1, -0.05) is 38.8 Å².